The van der Waals surface area contributed by atoms with Crippen molar-refractivity contribution in [3.63, 3.8) is 0 Å². The fourth-order valence-electron chi connectivity index (χ4n) is 2.25. The van der Waals surface area contributed by atoms with Gasteiger partial charge < -0.3 is 14.2 Å². The summed E-state index contributed by atoms with van der Waals surface area (Å²) in [5.74, 6) is 1.86. The van der Waals surface area contributed by atoms with Crippen molar-refractivity contribution in [3.8, 4) is 23.4 Å². The molecule has 0 saturated carbocycles. The average Bonchev–Trinajstić information content (AvgIpc) is 2.74. The molecule has 0 radical (unpaired) electrons. The van der Waals surface area contributed by atoms with Gasteiger partial charge in [0.15, 0.2) is 11.5 Å². The van der Waals surface area contributed by atoms with Crippen LogP contribution >= 0.6 is 0 Å². The lowest BCUT2D eigenvalue weighted by atomic mass is 10.0. The number of hydrogen-bond acceptors (Lipinski definition) is 5. The summed E-state index contributed by atoms with van der Waals surface area (Å²) in [6.45, 7) is 4.11. The van der Waals surface area contributed by atoms with Crippen molar-refractivity contribution in [2.45, 2.75) is 25.9 Å². The Bertz CT molecular complexity index is 641. The highest BCUT2D eigenvalue weighted by Gasteiger charge is 2.32. The van der Waals surface area contributed by atoms with Crippen molar-refractivity contribution < 1.29 is 14.2 Å². The molecule has 0 N–H and O–H groups in total. The van der Waals surface area contributed by atoms with Gasteiger partial charge in [-0.05, 0) is 19.9 Å². The highest BCUT2D eigenvalue weighted by molar-refractivity contribution is 5.51. The van der Waals surface area contributed by atoms with Crippen molar-refractivity contribution in [1.29, 1.82) is 0 Å². The van der Waals surface area contributed by atoms with Crippen LogP contribution < -0.4 is 14.2 Å². The average molecular weight is 272 g/mol. The number of ether oxygens (including phenoxy) is 3. The highest BCUT2D eigenvalue weighted by Crippen LogP contribution is 2.42. The van der Waals surface area contributed by atoms with E-state index < -0.39 is 0 Å². The predicted molar refractivity (Wildman–Crippen MR) is 73.5 cm³/mol. The van der Waals surface area contributed by atoms with E-state index in [-0.39, 0.29) is 11.6 Å². The number of nitrogens with zero attached hydrogens (tertiary/aromatic N) is 2. The van der Waals surface area contributed by atoms with Crippen molar-refractivity contribution in [1.82, 2.24) is 9.97 Å². The Balaban J connectivity index is 1.91. The lowest BCUT2D eigenvalue weighted by Crippen LogP contribution is -2.24. The molecule has 20 heavy (non-hydrogen) atoms. The van der Waals surface area contributed by atoms with Gasteiger partial charge in [-0.15, -0.1) is 0 Å². The SMILES string of the molecule is COc1ccnc(Oc2cccc3c2OC(C)(C)C3)n1. The van der Waals surface area contributed by atoms with Crippen molar-refractivity contribution >= 4 is 0 Å². The van der Waals surface area contributed by atoms with E-state index in [1.54, 1.807) is 19.4 Å². The summed E-state index contributed by atoms with van der Waals surface area (Å²) in [5.41, 5.74) is 0.923. The van der Waals surface area contributed by atoms with E-state index in [0.29, 0.717) is 11.6 Å². The topological polar surface area (TPSA) is 53.5 Å². The van der Waals surface area contributed by atoms with Gasteiger partial charge in [0.1, 0.15) is 5.60 Å². The Morgan fingerprint density at radius 3 is 2.90 bits per heavy atom. The summed E-state index contributed by atoms with van der Waals surface area (Å²) in [6.07, 6.45) is 2.45. The molecule has 0 unspecified atom stereocenters. The van der Waals surface area contributed by atoms with Gasteiger partial charge in [0, 0.05) is 24.2 Å². The second-order valence-corrected chi connectivity index (χ2v) is 5.27. The van der Waals surface area contributed by atoms with Crippen LogP contribution in [0.25, 0.3) is 0 Å². The summed E-state index contributed by atoms with van der Waals surface area (Å²) >= 11 is 0. The molecule has 0 atom stereocenters. The van der Waals surface area contributed by atoms with E-state index in [1.165, 1.54) is 0 Å². The maximum absolute atomic E-state index is 5.94. The van der Waals surface area contributed by atoms with Crippen molar-refractivity contribution in [3.05, 3.63) is 36.0 Å². The maximum atomic E-state index is 5.94. The summed E-state index contributed by atoms with van der Waals surface area (Å²) < 4.78 is 16.7. The lowest BCUT2D eigenvalue weighted by molar-refractivity contribution is 0.134. The number of fused-ring (bicyclic) bond motifs is 1. The molecule has 0 fully saturated rings. The second kappa shape index (κ2) is 4.67. The summed E-state index contributed by atoms with van der Waals surface area (Å²) in [4.78, 5) is 8.21. The zero-order valence-electron chi connectivity index (χ0n) is 11.7. The van der Waals surface area contributed by atoms with Crippen LogP contribution in [0, 0.1) is 0 Å². The number of aromatic nitrogens is 2. The standard InChI is InChI=1S/C15H16N2O3/c1-15(2)9-10-5-4-6-11(13(10)20-15)19-14-16-8-7-12(17-14)18-3/h4-8H,9H2,1-3H3. The van der Waals surface area contributed by atoms with Gasteiger partial charge in [0.25, 0.3) is 0 Å². The Morgan fingerprint density at radius 1 is 1.25 bits per heavy atom. The molecule has 0 aliphatic carbocycles. The molecule has 5 nitrogen and oxygen atoms in total. The minimum Gasteiger partial charge on any atom is -0.483 e. The molecule has 1 aromatic heterocycles. The largest absolute Gasteiger partial charge is 0.483 e. The number of para-hydroxylation sites is 1. The highest BCUT2D eigenvalue weighted by atomic mass is 16.5. The molecule has 2 aromatic rings. The molecule has 1 aromatic carbocycles. The molecule has 2 heterocycles. The Morgan fingerprint density at radius 2 is 2.10 bits per heavy atom. The number of benzene rings is 1. The van der Waals surface area contributed by atoms with E-state index in [1.807, 2.05) is 18.2 Å². The first kappa shape index (κ1) is 12.7. The second-order valence-electron chi connectivity index (χ2n) is 5.27. The van der Waals surface area contributed by atoms with Crippen LogP contribution in [0.5, 0.6) is 23.4 Å². The molecule has 1 aliphatic rings. The fourth-order valence-corrected chi connectivity index (χ4v) is 2.25. The minimum atomic E-state index is -0.211. The normalized spacial score (nSPS) is 15.3. The summed E-state index contributed by atoms with van der Waals surface area (Å²) in [5, 5.41) is 0. The Hall–Kier alpha value is -2.30. The summed E-state index contributed by atoms with van der Waals surface area (Å²) in [7, 11) is 1.55. The van der Waals surface area contributed by atoms with Gasteiger partial charge in [-0.1, -0.05) is 12.1 Å². The third-order valence-corrected chi connectivity index (χ3v) is 3.07. The first-order valence-corrected chi connectivity index (χ1v) is 6.43. The Kier molecular flexibility index (Phi) is 2.97. The monoisotopic (exact) mass is 272 g/mol. The van der Waals surface area contributed by atoms with E-state index >= 15 is 0 Å². The molecule has 0 bridgehead atoms. The number of hydrogen-bond donors (Lipinski definition) is 0. The first-order valence-electron chi connectivity index (χ1n) is 6.43. The third kappa shape index (κ3) is 2.39. The molecule has 5 heteroatoms. The van der Waals surface area contributed by atoms with Crippen LogP contribution in [-0.4, -0.2) is 22.7 Å². The van der Waals surface area contributed by atoms with Crippen molar-refractivity contribution in [2.75, 3.05) is 7.11 Å². The van der Waals surface area contributed by atoms with Crippen LogP contribution in [-0.2, 0) is 6.42 Å². The van der Waals surface area contributed by atoms with Gasteiger partial charge in [-0.3, -0.25) is 0 Å². The molecule has 0 saturated heterocycles. The quantitative estimate of drug-likeness (QED) is 0.859. The molecule has 104 valence electrons. The molecule has 0 spiro atoms. The van der Waals surface area contributed by atoms with E-state index in [9.17, 15) is 0 Å². The first-order chi connectivity index (χ1) is 9.57. The smallest absolute Gasteiger partial charge is 0.325 e. The number of rotatable bonds is 3. The zero-order chi connectivity index (χ0) is 14.2. The van der Waals surface area contributed by atoms with Crippen LogP contribution in [0.2, 0.25) is 0 Å². The predicted octanol–water partition coefficient (Wildman–Crippen LogP) is 2.99. The molecular weight excluding hydrogens is 256 g/mol. The van der Waals surface area contributed by atoms with Gasteiger partial charge in [0.2, 0.25) is 5.88 Å². The van der Waals surface area contributed by atoms with Gasteiger partial charge in [0.05, 0.1) is 7.11 Å². The minimum absolute atomic E-state index is 0.211. The Labute approximate surface area is 117 Å². The van der Waals surface area contributed by atoms with Gasteiger partial charge in [-0.2, -0.15) is 4.98 Å². The van der Waals surface area contributed by atoms with Crippen LogP contribution in [0.15, 0.2) is 30.5 Å². The third-order valence-electron chi connectivity index (χ3n) is 3.07. The van der Waals surface area contributed by atoms with E-state index in [0.717, 1.165) is 17.7 Å². The van der Waals surface area contributed by atoms with Gasteiger partial charge in [-0.25, -0.2) is 4.98 Å². The number of methoxy groups -OCH3 is 1. The van der Waals surface area contributed by atoms with Crippen LogP contribution in [0.1, 0.15) is 19.4 Å². The van der Waals surface area contributed by atoms with Crippen LogP contribution in [0.4, 0.5) is 0 Å². The van der Waals surface area contributed by atoms with Crippen molar-refractivity contribution in [2.24, 2.45) is 0 Å². The maximum Gasteiger partial charge on any atom is 0.325 e. The summed E-state index contributed by atoms with van der Waals surface area (Å²) in [6, 6.07) is 7.75. The lowest BCUT2D eigenvalue weighted by Gasteiger charge is -2.17. The van der Waals surface area contributed by atoms with E-state index in [2.05, 4.69) is 23.8 Å². The fraction of sp³-hybridized carbons (Fsp3) is 0.333. The van der Waals surface area contributed by atoms with E-state index in [4.69, 9.17) is 14.2 Å². The molecule has 1 aliphatic heterocycles. The van der Waals surface area contributed by atoms with Gasteiger partial charge >= 0.3 is 6.01 Å². The van der Waals surface area contributed by atoms with Crippen LogP contribution in [0.3, 0.4) is 0 Å². The molecule has 3 rings (SSSR count). The molecule has 0 amide bonds. The molecular formula is C15H16N2O3. The zero-order valence-corrected chi connectivity index (χ0v) is 11.7.